The molecule has 0 radical (unpaired) electrons. The molecule has 2 saturated heterocycles. The van der Waals surface area contributed by atoms with Crippen molar-refractivity contribution in [2.75, 3.05) is 19.6 Å². The SMILES string of the molecule is CCCCN1C(=O)CC[C@@H]2CN(Cc3cccc(C)c3)CC[C@@H]21. The first-order valence-corrected chi connectivity index (χ1v) is 9.24. The molecular formula is C20H30N2O. The van der Waals surface area contributed by atoms with E-state index >= 15 is 0 Å². The Hall–Kier alpha value is -1.35. The van der Waals surface area contributed by atoms with Crippen LogP contribution in [0.5, 0.6) is 0 Å². The molecule has 0 unspecified atom stereocenters. The van der Waals surface area contributed by atoms with E-state index in [1.165, 1.54) is 17.5 Å². The van der Waals surface area contributed by atoms with Crippen molar-refractivity contribution in [3.05, 3.63) is 35.4 Å². The van der Waals surface area contributed by atoms with E-state index in [4.69, 9.17) is 0 Å². The van der Waals surface area contributed by atoms with Gasteiger partial charge >= 0.3 is 0 Å². The minimum Gasteiger partial charge on any atom is -0.339 e. The number of hydrogen-bond acceptors (Lipinski definition) is 2. The summed E-state index contributed by atoms with van der Waals surface area (Å²) >= 11 is 0. The monoisotopic (exact) mass is 314 g/mol. The third-order valence-electron chi connectivity index (χ3n) is 5.47. The van der Waals surface area contributed by atoms with E-state index in [2.05, 4.69) is 47.9 Å². The Morgan fingerprint density at radius 1 is 1.26 bits per heavy atom. The third kappa shape index (κ3) is 3.95. The molecule has 126 valence electrons. The Morgan fingerprint density at radius 2 is 2.13 bits per heavy atom. The van der Waals surface area contributed by atoms with Crippen LogP contribution in [-0.2, 0) is 11.3 Å². The Morgan fingerprint density at radius 3 is 2.91 bits per heavy atom. The fourth-order valence-electron chi connectivity index (χ4n) is 4.26. The number of amides is 1. The van der Waals surface area contributed by atoms with Crippen molar-refractivity contribution in [2.24, 2.45) is 5.92 Å². The summed E-state index contributed by atoms with van der Waals surface area (Å²) in [4.78, 5) is 17.1. The molecule has 1 amide bonds. The second-order valence-electron chi connectivity index (χ2n) is 7.32. The largest absolute Gasteiger partial charge is 0.339 e. The molecule has 2 atom stereocenters. The number of fused-ring (bicyclic) bond motifs is 1. The van der Waals surface area contributed by atoms with Crippen molar-refractivity contribution in [3.8, 4) is 0 Å². The zero-order valence-electron chi connectivity index (χ0n) is 14.6. The first-order valence-electron chi connectivity index (χ1n) is 9.24. The number of unbranched alkanes of at least 4 members (excludes halogenated alkanes) is 1. The van der Waals surface area contributed by atoms with E-state index in [1.807, 2.05) is 0 Å². The maximum atomic E-state index is 12.3. The lowest BCUT2D eigenvalue weighted by Crippen LogP contribution is -2.55. The van der Waals surface area contributed by atoms with Crippen LogP contribution in [0.25, 0.3) is 0 Å². The Bertz CT molecular complexity index is 542. The van der Waals surface area contributed by atoms with Gasteiger partial charge in [-0.1, -0.05) is 43.2 Å². The topological polar surface area (TPSA) is 23.6 Å². The smallest absolute Gasteiger partial charge is 0.222 e. The van der Waals surface area contributed by atoms with E-state index in [1.54, 1.807) is 0 Å². The van der Waals surface area contributed by atoms with Gasteiger partial charge in [-0.05, 0) is 37.7 Å². The highest BCUT2D eigenvalue weighted by Gasteiger charge is 2.38. The van der Waals surface area contributed by atoms with Crippen molar-refractivity contribution in [3.63, 3.8) is 0 Å². The number of hydrogen-bond donors (Lipinski definition) is 0. The standard InChI is InChI=1S/C20H30N2O/c1-3-4-11-22-19-10-12-21(15-18(19)8-9-20(22)23)14-17-7-5-6-16(2)13-17/h5-7,13,18-19H,3-4,8-12,14-15H2,1-2H3/t18-,19+/m1/s1. The van der Waals surface area contributed by atoms with Gasteiger partial charge in [0.1, 0.15) is 0 Å². The fraction of sp³-hybridized carbons (Fsp3) is 0.650. The van der Waals surface area contributed by atoms with Crippen molar-refractivity contribution >= 4 is 5.91 Å². The fourth-order valence-corrected chi connectivity index (χ4v) is 4.26. The molecule has 0 aliphatic carbocycles. The summed E-state index contributed by atoms with van der Waals surface area (Å²) in [5.41, 5.74) is 2.75. The summed E-state index contributed by atoms with van der Waals surface area (Å²) in [6, 6.07) is 9.34. The molecule has 2 fully saturated rings. The average molecular weight is 314 g/mol. The van der Waals surface area contributed by atoms with Crippen molar-refractivity contribution in [1.82, 2.24) is 9.80 Å². The van der Waals surface area contributed by atoms with E-state index in [0.717, 1.165) is 51.9 Å². The molecular weight excluding hydrogens is 284 g/mol. The molecule has 3 rings (SSSR count). The van der Waals surface area contributed by atoms with Crippen LogP contribution in [0.15, 0.2) is 24.3 Å². The van der Waals surface area contributed by atoms with E-state index in [0.29, 0.717) is 17.9 Å². The van der Waals surface area contributed by atoms with Gasteiger partial charge in [-0.25, -0.2) is 0 Å². The minimum absolute atomic E-state index is 0.395. The van der Waals surface area contributed by atoms with Gasteiger partial charge in [0.2, 0.25) is 5.91 Å². The predicted octanol–water partition coefficient (Wildman–Crippen LogP) is 3.61. The molecule has 1 aromatic carbocycles. The quantitative estimate of drug-likeness (QED) is 0.829. The molecule has 2 aliphatic heterocycles. The van der Waals surface area contributed by atoms with Crippen molar-refractivity contribution in [1.29, 1.82) is 0 Å². The van der Waals surface area contributed by atoms with Crippen LogP contribution in [-0.4, -0.2) is 41.4 Å². The lowest BCUT2D eigenvalue weighted by molar-refractivity contribution is -0.141. The molecule has 23 heavy (non-hydrogen) atoms. The maximum absolute atomic E-state index is 12.3. The van der Waals surface area contributed by atoms with Gasteiger partial charge in [-0.15, -0.1) is 0 Å². The highest BCUT2D eigenvalue weighted by Crippen LogP contribution is 2.32. The van der Waals surface area contributed by atoms with Crippen LogP contribution in [0.1, 0.15) is 50.2 Å². The van der Waals surface area contributed by atoms with Crippen molar-refractivity contribution < 1.29 is 4.79 Å². The lowest BCUT2D eigenvalue weighted by Gasteiger charge is -2.47. The number of carbonyl (C=O) groups is 1. The summed E-state index contributed by atoms with van der Waals surface area (Å²) in [5.74, 6) is 1.06. The number of nitrogens with zero attached hydrogens (tertiary/aromatic N) is 2. The number of rotatable bonds is 5. The zero-order chi connectivity index (χ0) is 16.2. The highest BCUT2D eigenvalue weighted by molar-refractivity contribution is 5.77. The number of likely N-dealkylation sites (tertiary alicyclic amines) is 2. The number of carbonyl (C=O) groups excluding carboxylic acids is 1. The molecule has 3 heteroatoms. The second-order valence-corrected chi connectivity index (χ2v) is 7.32. The summed E-state index contributed by atoms with van der Waals surface area (Å²) in [6.07, 6.45) is 5.29. The van der Waals surface area contributed by atoms with Gasteiger partial charge in [0.05, 0.1) is 0 Å². The zero-order valence-corrected chi connectivity index (χ0v) is 14.6. The first-order chi connectivity index (χ1) is 11.2. The van der Waals surface area contributed by atoms with E-state index in [-0.39, 0.29) is 0 Å². The van der Waals surface area contributed by atoms with Crippen LogP contribution in [0.2, 0.25) is 0 Å². The summed E-state index contributed by atoms with van der Waals surface area (Å²) in [5, 5.41) is 0. The summed E-state index contributed by atoms with van der Waals surface area (Å²) in [7, 11) is 0. The van der Waals surface area contributed by atoms with Gasteiger partial charge in [0.15, 0.2) is 0 Å². The Balaban J connectivity index is 1.61. The Kier molecular flexibility index (Phi) is 5.37. The molecule has 2 aliphatic rings. The highest BCUT2D eigenvalue weighted by atomic mass is 16.2. The van der Waals surface area contributed by atoms with Crippen LogP contribution >= 0.6 is 0 Å². The molecule has 0 aromatic heterocycles. The van der Waals surface area contributed by atoms with Crippen molar-refractivity contribution in [2.45, 2.75) is 58.5 Å². The third-order valence-corrected chi connectivity index (χ3v) is 5.47. The molecule has 0 bridgehead atoms. The van der Waals surface area contributed by atoms with E-state index < -0.39 is 0 Å². The second kappa shape index (κ2) is 7.48. The maximum Gasteiger partial charge on any atom is 0.222 e. The number of aryl methyl sites for hydroxylation is 1. The summed E-state index contributed by atoms with van der Waals surface area (Å²) < 4.78 is 0. The van der Waals surface area contributed by atoms with Crippen LogP contribution in [0.3, 0.4) is 0 Å². The van der Waals surface area contributed by atoms with Gasteiger partial charge < -0.3 is 4.90 Å². The molecule has 2 heterocycles. The molecule has 0 saturated carbocycles. The van der Waals surface area contributed by atoms with Crippen LogP contribution in [0, 0.1) is 12.8 Å². The van der Waals surface area contributed by atoms with Gasteiger partial charge in [0.25, 0.3) is 0 Å². The van der Waals surface area contributed by atoms with Crippen LogP contribution < -0.4 is 0 Å². The minimum atomic E-state index is 0.395. The Labute approximate surface area is 140 Å². The molecule has 0 N–H and O–H groups in total. The molecule has 1 aromatic rings. The first kappa shape index (κ1) is 16.5. The van der Waals surface area contributed by atoms with Gasteiger partial charge in [0, 0.05) is 38.6 Å². The van der Waals surface area contributed by atoms with E-state index in [9.17, 15) is 4.79 Å². The summed E-state index contributed by atoms with van der Waals surface area (Å²) in [6.45, 7) is 8.65. The normalized spacial score (nSPS) is 25.5. The number of piperidine rings is 2. The number of benzene rings is 1. The van der Waals surface area contributed by atoms with Crippen LogP contribution in [0.4, 0.5) is 0 Å². The lowest BCUT2D eigenvalue weighted by atomic mass is 9.83. The van der Waals surface area contributed by atoms with Gasteiger partial charge in [-0.3, -0.25) is 9.69 Å². The average Bonchev–Trinajstić information content (AvgIpc) is 2.54. The predicted molar refractivity (Wildman–Crippen MR) is 94.2 cm³/mol. The molecule has 3 nitrogen and oxygen atoms in total. The van der Waals surface area contributed by atoms with Gasteiger partial charge in [-0.2, -0.15) is 0 Å². The molecule has 0 spiro atoms.